The Bertz CT molecular complexity index is 405. The fourth-order valence-corrected chi connectivity index (χ4v) is 1.60. The Morgan fingerprint density at radius 1 is 1.08 bits per heavy atom. The number of rotatable bonds is 1. The fourth-order valence-electron chi connectivity index (χ4n) is 1.13. The molecule has 0 aliphatic rings. The van der Waals surface area contributed by atoms with Crippen molar-refractivity contribution in [3.05, 3.63) is 47.1 Å². The molecule has 1 aromatic heterocycles. The predicted octanol–water partition coefficient (Wildman–Crippen LogP) is 3.85. The minimum atomic E-state index is -0.233. The van der Waals surface area contributed by atoms with Gasteiger partial charge in [0.2, 0.25) is 0 Å². The second kappa shape index (κ2) is 3.34. The van der Waals surface area contributed by atoms with E-state index in [1.165, 1.54) is 12.1 Å². The monoisotopic (exact) mass is 240 g/mol. The van der Waals surface area contributed by atoms with Crippen LogP contribution in [-0.2, 0) is 0 Å². The van der Waals surface area contributed by atoms with Crippen LogP contribution in [0.4, 0.5) is 4.39 Å². The van der Waals surface area contributed by atoms with E-state index in [1.807, 2.05) is 6.07 Å². The van der Waals surface area contributed by atoms with E-state index in [1.54, 1.807) is 18.4 Å². The third kappa shape index (κ3) is 1.65. The van der Waals surface area contributed by atoms with Gasteiger partial charge in [0.05, 0.1) is 6.26 Å². The van der Waals surface area contributed by atoms with Crippen molar-refractivity contribution >= 4 is 15.9 Å². The standard InChI is InChI=1S/C10H6BrFO/c11-10-9(5-6-13-10)7-1-3-8(12)4-2-7/h1-6H. The summed E-state index contributed by atoms with van der Waals surface area (Å²) < 4.78 is 18.3. The van der Waals surface area contributed by atoms with Crippen LogP contribution >= 0.6 is 15.9 Å². The van der Waals surface area contributed by atoms with Crippen molar-refractivity contribution in [3.63, 3.8) is 0 Å². The van der Waals surface area contributed by atoms with E-state index in [4.69, 9.17) is 4.42 Å². The molecule has 1 aromatic carbocycles. The van der Waals surface area contributed by atoms with Gasteiger partial charge in [0.15, 0.2) is 4.67 Å². The van der Waals surface area contributed by atoms with Crippen molar-refractivity contribution in [1.29, 1.82) is 0 Å². The highest BCUT2D eigenvalue weighted by Crippen LogP contribution is 2.28. The molecule has 0 amide bonds. The van der Waals surface area contributed by atoms with Crippen LogP contribution in [0, 0.1) is 5.82 Å². The van der Waals surface area contributed by atoms with Gasteiger partial charge in [0.1, 0.15) is 5.82 Å². The summed E-state index contributed by atoms with van der Waals surface area (Å²) in [5.41, 5.74) is 1.86. The van der Waals surface area contributed by atoms with Crippen molar-refractivity contribution < 1.29 is 8.81 Å². The van der Waals surface area contributed by atoms with E-state index in [-0.39, 0.29) is 5.82 Å². The lowest BCUT2D eigenvalue weighted by atomic mass is 10.1. The van der Waals surface area contributed by atoms with Crippen molar-refractivity contribution in [2.24, 2.45) is 0 Å². The Hall–Kier alpha value is -1.09. The highest BCUT2D eigenvalue weighted by atomic mass is 79.9. The maximum absolute atomic E-state index is 12.6. The van der Waals surface area contributed by atoms with Gasteiger partial charge in [0.25, 0.3) is 0 Å². The van der Waals surface area contributed by atoms with Gasteiger partial charge in [-0.05, 0) is 39.7 Å². The zero-order valence-corrected chi connectivity index (χ0v) is 8.21. The van der Waals surface area contributed by atoms with E-state index in [2.05, 4.69) is 15.9 Å². The van der Waals surface area contributed by atoms with Gasteiger partial charge in [-0.3, -0.25) is 0 Å². The second-order valence-corrected chi connectivity index (χ2v) is 3.34. The molecule has 0 spiro atoms. The lowest BCUT2D eigenvalue weighted by molar-refractivity contribution is 0.542. The van der Waals surface area contributed by atoms with Crippen LogP contribution in [-0.4, -0.2) is 0 Å². The van der Waals surface area contributed by atoms with E-state index in [9.17, 15) is 4.39 Å². The summed E-state index contributed by atoms with van der Waals surface area (Å²) in [5, 5.41) is 0. The van der Waals surface area contributed by atoms with Gasteiger partial charge in [-0.1, -0.05) is 12.1 Å². The average molecular weight is 241 g/mol. The molecule has 1 nitrogen and oxygen atoms in total. The molecule has 66 valence electrons. The first-order chi connectivity index (χ1) is 6.27. The summed E-state index contributed by atoms with van der Waals surface area (Å²) in [6.45, 7) is 0. The molecule has 0 saturated carbocycles. The van der Waals surface area contributed by atoms with Gasteiger partial charge in [-0.2, -0.15) is 0 Å². The maximum atomic E-state index is 12.6. The molecule has 0 aliphatic heterocycles. The Balaban J connectivity index is 2.47. The topological polar surface area (TPSA) is 13.1 Å². The summed E-state index contributed by atoms with van der Waals surface area (Å²) in [7, 11) is 0. The summed E-state index contributed by atoms with van der Waals surface area (Å²) in [6.07, 6.45) is 1.59. The molecule has 3 heteroatoms. The van der Waals surface area contributed by atoms with E-state index in [0.717, 1.165) is 11.1 Å². The molecular formula is C10H6BrFO. The first-order valence-electron chi connectivity index (χ1n) is 3.76. The molecule has 13 heavy (non-hydrogen) atoms. The van der Waals surface area contributed by atoms with Gasteiger partial charge >= 0.3 is 0 Å². The molecule has 2 rings (SSSR count). The lowest BCUT2D eigenvalue weighted by Crippen LogP contribution is -1.76. The van der Waals surface area contributed by atoms with Gasteiger partial charge in [-0.15, -0.1) is 0 Å². The van der Waals surface area contributed by atoms with Crippen LogP contribution in [0.1, 0.15) is 0 Å². The number of furan rings is 1. The highest BCUT2D eigenvalue weighted by molar-refractivity contribution is 9.10. The summed E-state index contributed by atoms with van der Waals surface area (Å²) >= 11 is 3.26. The van der Waals surface area contributed by atoms with E-state index in [0.29, 0.717) is 4.67 Å². The molecule has 0 aliphatic carbocycles. The highest BCUT2D eigenvalue weighted by Gasteiger charge is 2.04. The van der Waals surface area contributed by atoms with Crippen molar-refractivity contribution in [3.8, 4) is 11.1 Å². The predicted molar refractivity (Wildman–Crippen MR) is 51.8 cm³/mol. The molecular weight excluding hydrogens is 235 g/mol. The molecule has 2 aromatic rings. The molecule has 0 saturated heterocycles. The van der Waals surface area contributed by atoms with Crippen molar-refractivity contribution in [2.75, 3.05) is 0 Å². The summed E-state index contributed by atoms with van der Waals surface area (Å²) in [6, 6.07) is 8.11. The fraction of sp³-hybridized carbons (Fsp3) is 0. The van der Waals surface area contributed by atoms with Crippen molar-refractivity contribution in [1.82, 2.24) is 0 Å². The number of hydrogen-bond acceptors (Lipinski definition) is 1. The molecule has 0 radical (unpaired) electrons. The first kappa shape index (κ1) is 8.51. The zero-order chi connectivity index (χ0) is 9.26. The first-order valence-corrected chi connectivity index (χ1v) is 4.55. The normalized spacial score (nSPS) is 10.3. The number of hydrogen-bond donors (Lipinski definition) is 0. The van der Waals surface area contributed by atoms with E-state index < -0.39 is 0 Å². The van der Waals surface area contributed by atoms with Crippen molar-refractivity contribution in [2.45, 2.75) is 0 Å². The quantitative estimate of drug-likeness (QED) is 0.739. The minimum absolute atomic E-state index is 0.233. The largest absolute Gasteiger partial charge is 0.457 e. The summed E-state index contributed by atoms with van der Waals surface area (Å²) in [5.74, 6) is -0.233. The van der Waals surface area contributed by atoms with Crippen LogP contribution in [0.2, 0.25) is 0 Å². The molecule has 0 atom stereocenters. The average Bonchev–Trinajstić information content (AvgIpc) is 2.53. The molecule has 0 bridgehead atoms. The molecule has 0 N–H and O–H groups in total. The van der Waals surface area contributed by atoms with Gasteiger partial charge < -0.3 is 4.42 Å². The Morgan fingerprint density at radius 3 is 2.31 bits per heavy atom. The Labute approximate surface area is 83.3 Å². The van der Waals surface area contributed by atoms with Gasteiger partial charge in [0, 0.05) is 5.56 Å². The molecule has 0 unspecified atom stereocenters. The Kier molecular flexibility index (Phi) is 2.19. The van der Waals surface area contributed by atoms with Gasteiger partial charge in [-0.25, -0.2) is 4.39 Å². The van der Waals surface area contributed by atoms with E-state index >= 15 is 0 Å². The smallest absolute Gasteiger partial charge is 0.176 e. The SMILES string of the molecule is Fc1ccc(-c2ccoc2Br)cc1. The third-order valence-electron chi connectivity index (χ3n) is 1.77. The van der Waals surface area contributed by atoms with Crippen LogP contribution in [0.3, 0.4) is 0 Å². The minimum Gasteiger partial charge on any atom is -0.457 e. The van der Waals surface area contributed by atoms with Crippen LogP contribution in [0.5, 0.6) is 0 Å². The third-order valence-corrected chi connectivity index (χ3v) is 2.39. The summed E-state index contributed by atoms with van der Waals surface area (Å²) in [4.78, 5) is 0. The Morgan fingerprint density at radius 2 is 1.77 bits per heavy atom. The van der Waals surface area contributed by atoms with Crippen LogP contribution in [0.25, 0.3) is 11.1 Å². The second-order valence-electron chi connectivity index (χ2n) is 2.61. The van der Waals surface area contributed by atoms with Crippen LogP contribution < -0.4 is 0 Å². The number of benzene rings is 1. The van der Waals surface area contributed by atoms with Crippen LogP contribution in [0.15, 0.2) is 45.7 Å². The number of halogens is 2. The maximum Gasteiger partial charge on any atom is 0.176 e. The lowest BCUT2D eigenvalue weighted by Gasteiger charge is -1.96. The molecule has 1 heterocycles. The molecule has 0 fully saturated rings. The zero-order valence-electron chi connectivity index (χ0n) is 6.63.